The van der Waals surface area contributed by atoms with Crippen LogP contribution in [0.15, 0.2) is 48.5 Å². The third kappa shape index (κ3) is 9.07. The average Bonchev–Trinajstić information content (AvgIpc) is 2.80. The molecule has 9 heteroatoms. The predicted molar refractivity (Wildman–Crippen MR) is 148 cm³/mol. The van der Waals surface area contributed by atoms with Crippen molar-refractivity contribution in [3.8, 4) is 5.75 Å². The van der Waals surface area contributed by atoms with Crippen LogP contribution < -0.4 is 14.4 Å². The molecule has 0 aromatic heterocycles. The second-order valence-corrected chi connectivity index (χ2v) is 12.2. The second-order valence-electron chi connectivity index (χ2n) is 10.3. The number of carbonyl (C=O) groups is 2. The van der Waals surface area contributed by atoms with Gasteiger partial charge in [0.2, 0.25) is 21.8 Å². The number of amides is 2. The van der Waals surface area contributed by atoms with E-state index in [1.807, 2.05) is 71.0 Å². The van der Waals surface area contributed by atoms with Crippen LogP contribution in [-0.2, 0) is 26.2 Å². The van der Waals surface area contributed by atoms with Crippen molar-refractivity contribution in [1.29, 1.82) is 0 Å². The molecule has 8 nitrogen and oxygen atoms in total. The van der Waals surface area contributed by atoms with Gasteiger partial charge in [0.1, 0.15) is 11.8 Å². The minimum atomic E-state index is -3.54. The fourth-order valence-corrected chi connectivity index (χ4v) is 5.19. The maximum Gasteiger partial charge on any atom is 0.243 e. The molecule has 204 valence electrons. The van der Waals surface area contributed by atoms with Gasteiger partial charge in [0.15, 0.2) is 0 Å². The number of benzene rings is 2. The molecule has 2 aromatic carbocycles. The molecule has 0 spiro atoms. The molecule has 0 aliphatic heterocycles. The van der Waals surface area contributed by atoms with E-state index < -0.39 is 21.6 Å². The molecular weight excluding hydrogens is 490 g/mol. The van der Waals surface area contributed by atoms with Crippen LogP contribution in [0.1, 0.15) is 58.1 Å². The van der Waals surface area contributed by atoms with E-state index in [-0.39, 0.29) is 31.3 Å². The molecular formula is C28H41N3O5S. The lowest BCUT2D eigenvalue weighted by atomic mass is 10.0. The number of hydrogen-bond donors (Lipinski definition) is 1. The van der Waals surface area contributed by atoms with Crippen LogP contribution in [-0.4, -0.2) is 56.6 Å². The van der Waals surface area contributed by atoms with Crippen LogP contribution in [0, 0.1) is 6.92 Å². The lowest BCUT2D eigenvalue weighted by Gasteiger charge is -2.33. The molecule has 2 aromatic rings. The van der Waals surface area contributed by atoms with E-state index in [0.717, 1.165) is 11.1 Å². The monoisotopic (exact) mass is 531 g/mol. The Morgan fingerprint density at radius 2 is 1.76 bits per heavy atom. The molecule has 1 atom stereocenters. The molecule has 0 radical (unpaired) electrons. The van der Waals surface area contributed by atoms with E-state index in [1.54, 1.807) is 24.1 Å². The zero-order chi connectivity index (χ0) is 27.8. The van der Waals surface area contributed by atoms with Crippen LogP contribution in [0.3, 0.4) is 0 Å². The molecule has 2 amide bonds. The number of anilines is 1. The number of para-hydroxylation sites is 1. The van der Waals surface area contributed by atoms with Crippen LogP contribution in [0.5, 0.6) is 5.75 Å². The van der Waals surface area contributed by atoms with E-state index in [9.17, 15) is 18.0 Å². The molecule has 37 heavy (non-hydrogen) atoms. The number of nitrogens with zero attached hydrogens (tertiary/aromatic N) is 2. The minimum absolute atomic E-state index is 0.0984. The summed E-state index contributed by atoms with van der Waals surface area (Å²) in [6.45, 7) is 9.83. The van der Waals surface area contributed by atoms with Gasteiger partial charge >= 0.3 is 0 Å². The first kappa shape index (κ1) is 30.2. The first-order chi connectivity index (χ1) is 17.3. The average molecular weight is 532 g/mol. The fourth-order valence-electron chi connectivity index (χ4n) is 4.17. The molecule has 0 saturated heterocycles. The van der Waals surface area contributed by atoms with Gasteiger partial charge in [-0.25, -0.2) is 8.42 Å². The highest BCUT2D eigenvalue weighted by Crippen LogP contribution is 2.23. The molecule has 0 saturated carbocycles. The summed E-state index contributed by atoms with van der Waals surface area (Å²) < 4.78 is 31.7. The third-order valence-electron chi connectivity index (χ3n) is 5.91. The molecule has 0 unspecified atom stereocenters. The Bertz CT molecular complexity index is 1170. The van der Waals surface area contributed by atoms with E-state index in [4.69, 9.17) is 4.74 Å². The van der Waals surface area contributed by atoms with Crippen molar-refractivity contribution >= 4 is 27.5 Å². The zero-order valence-electron chi connectivity index (χ0n) is 23.1. The van der Waals surface area contributed by atoms with Gasteiger partial charge in [0.05, 0.1) is 19.1 Å². The fraction of sp³-hybridized carbons (Fsp3) is 0.500. The number of nitrogens with one attached hydrogen (secondary N) is 1. The smallest absolute Gasteiger partial charge is 0.243 e. The topological polar surface area (TPSA) is 96.0 Å². The Balaban J connectivity index is 2.27. The highest BCUT2D eigenvalue weighted by Gasteiger charge is 2.31. The van der Waals surface area contributed by atoms with E-state index in [0.29, 0.717) is 24.3 Å². The molecule has 0 heterocycles. The summed E-state index contributed by atoms with van der Waals surface area (Å²) in [6.07, 6.45) is 2.02. The SMILES string of the molecule is CC[C@@H](C(=O)NC(C)(C)C)N(Cc1cccc(OC)c1)C(=O)CCCN(c1ccccc1C)S(C)(=O)=O. The molecule has 0 bridgehead atoms. The van der Waals surface area contributed by atoms with Crippen molar-refractivity contribution in [1.82, 2.24) is 10.2 Å². The number of carbonyl (C=O) groups excluding carboxylic acids is 2. The Hall–Kier alpha value is -3.07. The highest BCUT2D eigenvalue weighted by molar-refractivity contribution is 7.92. The van der Waals surface area contributed by atoms with Gasteiger partial charge in [-0.3, -0.25) is 13.9 Å². The summed E-state index contributed by atoms with van der Waals surface area (Å²) in [5, 5.41) is 2.99. The predicted octanol–water partition coefficient (Wildman–Crippen LogP) is 4.27. The zero-order valence-corrected chi connectivity index (χ0v) is 23.9. The lowest BCUT2D eigenvalue weighted by molar-refractivity contribution is -0.142. The first-order valence-electron chi connectivity index (χ1n) is 12.5. The van der Waals surface area contributed by atoms with E-state index >= 15 is 0 Å². The number of sulfonamides is 1. The number of rotatable bonds is 12. The van der Waals surface area contributed by atoms with E-state index in [1.165, 1.54) is 10.6 Å². The lowest BCUT2D eigenvalue weighted by Crippen LogP contribution is -2.53. The van der Waals surface area contributed by atoms with Crippen LogP contribution in [0.4, 0.5) is 5.69 Å². The van der Waals surface area contributed by atoms with Crippen molar-refractivity contribution in [2.45, 2.75) is 72.0 Å². The van der Waals surface area contributed by atoms with Gasteiger partial charge in [0, 0.05) is 25.0 Å². The van der Waals surface area contributed by atoms with Gasteiger partial charge in [0.25, 0.3) is 0 Å². The number of hydrogen-bond acceptors (Lipinski definition) is 5. The van der Waals surface area contributed by atoms with Gasteiger partial charge < -0.3 is 15.0 Å². The number of methoxy groups -OCH3 is 1. The summed E-state index contributed by atoms with van der Waals surface area (Å²) in [5.74, 6) is 0.236. The molecule has 2 rings (SSSR count). The van der Waals surface area contributed by atoms with Crippen LogP contribution >= 0.6 is 0 Å². The minimum Gasteiger partial charge on any atom is -0.497 e. The van der Waals surface area contributed by atoms with Crippen molar-refractivity contribution in [3.63, 3.8) is 0 Å². The van der Waals surface area contributed by atoms with E-state index in [2.05, 4.69) is 5.32 Å². The molecule has 0 aliphatic rings. The van der Waals surface area contributed by atoms with Crippen LogP contribution in [0.2, 0.25) is 0 Å². The van der Waals surface area contributed by atoms with Crippen molar-refractivity contribution in [3.05, 3.63) is 59.7 Å². The maximum absolute atomic E-state index is 13.6. The number of ether oxygens (including phenoxy) is 1. The van der Waals surface area contributed by atoms with Crippen molar-refractivity contribution in [2.75, 3.05) is 24.2 Å². The molecule has 0 aliphatic carbocycles. The summed E-state index contributed by atoms with van der Waals surface area (Å²) >= 11 is 0. The quantitative estimate of drug-likeness (QED) is 0.441. The van der Waals surface area contributed by atoms with Gasteiger partial charge in [-0.2, -0.15) is 0 Å². The first-order valence-corrected chi connectivity index (χ1v) is 14.4. The number of aryl methyl sites for hydroxylation is 1. The Labute approximate surface area is 222 Å². The Morgan fingerprint density at radius 1 is 1.08 bits per heavy atom. The largest absolute Gasteiger partial charge is 0.497 e. The summed E-state index contributed by atoms with van der Waals surface area (Å²) in [5.41, 5.74) is 1.83. The van der Waals surface area contributed by atoms with Crippen LogP contribution in [0.25, 0.3) is 0 Å². The third-order valence-corrected chi connectivity index (χ3v) is 7.09. The van der Waals surface area contributed by atoms with Gasteiger partial charge in [-0.15, -0.1) is 0 Å². The molecule has 1 N–H and O–H groups in total. The maximum atomic E-state index is 13.6. The molecule has 0 fully saturated rings. The van der Waals surface area contributed by atoms with Gasteiger partial charge in [-0.1, -0.05) is 37.3 Å². The Kier molecular flexibility index (Phi) is 10.5. The Morgan fingerprint density at radius 3 is 2.32 bits per heavy atom. The van der Waals surface area contributed by atoms with Gasteiger partial charge in [-0.05, 0) is 69.9 Å². The standard InChI is InChI=1S/C28H41N3O5S/c1-8-24(27(33)29-28(3,4)5)30(20-22-14-11-15-23(19-22)36-6)26(32)17-12-18-31(37(7,34)35)25-16-10-9-13-21(25)2/h9-11,13-16,19,24H,8,12,17-18,20H2,1-7H3,(H,29,33)/t24-/m0/s1. The second kappa shape index (κ2) is 12.9. The van der Waals surface area contributed by atoms with Crippen molar-refractivity contribution < 1.29 is 22.7 Å². The van der Waals surface area contributed by atoms with Crippen molar-refractivity contribution in [2.24, 2.45) is 0 Å². The summed E-state index contributed by atoms with van der Waals surface area (Å²) in [6, 6.07) is 14.0. The normalized spacial score (nSPS) is 12.5. The summed E-state index contributed by atoms with van der Waals surface area (Å²) in [4.78, 5) is 28.3. The highest BCUT2D eigenvalue weighted by atomic mass is 32.2. The summed E-state index contributed by atoms with van der Waals surface area (Å²) in [7, 11) is -1.96.